The van der Waals surface area contributed by atoms with Crippen molar-refractivity contribution in [2.45, 2.75) is 39.7 Å². The lowest BCUT2D eigenvalue weighted by molar-refractivity contribution is -0.145. The zero-order chi connectivity index (χ0) is 11.4. The van der Waals surface area contributed by atoms with Crippen LogP contribution in [0.5, 0.6) is 0 Å². The molecule has 0 aliphatic heterocycles. The van der Waals surface area contributed by atoms with Gasteiger partial charge in [-0.1, -0.05) is 20.8 Å². The lowest BCUT2D eigenvalue weighted by Crippen LogP contribution is -2.49. The molecule has 4 nitrogen and oxygen atoms in total. The van der Waals surface area contributed by atoms with Gasteiger partial charge in [-0.05, 0) is 18.8 Å². The third-order valence-corrected chi connectivity index (χ3v) is 1.89. The van der Waals surface area contributed by atoms with Gasteiger partial charge >= 0.3 is 5.97 Å². The van der Waals surface area contributed by atoms with Crippen molar-refractivity contribution in [1.29, 1.82) is 0 Å². The topological polar surface area (TPSA) is 72.5 Å². The summed E-state index contributed by atoms with van der Waals surface area (Å²) in [6.07, 6.45) is 0.892. The molecule has 0 heterocycles. The number of hydrogen-bond donors (Lipinski definition) is 2. The number of aliphatic carboxylic acids is 1. The van der Waals surface area contributed by atoms with E-state index in [9.17, 15) is 4.79 Å². The van der Waals surface area contributed by atoms with Crippen LogP contribution in [0, 0.1) is 5.41 Å². The first-order chi connectivity index (χ1) is 6.15. The van der Waals surface area contributed by atoms with Crippen LogP contribution in [0.4, 0.5) is 0 Å². The van der Waals surface area contributed by atoms with Crippen molar-refractivity contribution in [1.82, 2.24) is 0 Å². The fraction of sp³-hybridized carbons (Fsp3) is 0.900. The third-order valence-electron chi connectivity index (χ3n) is 1.89. The van der Waals surface area contributed by atoms with Gasteiger partial charge in [0.25, 0.3) is 0 Å². The molecule has 0 spiro atoms. The molecule has 0 saturated carbocycles. The van der Waals surface area contributed by atoms with E-state index in [1.807, 2.05) is 0 Å². The van der Waals surface area contributed by atoms with Crippen LogP contribution < -0.4 is 5.73 Å². The summed E-state index contributed by atoms with van der Waals surface area (Å²) in [5.74, 6) is -1.03. The molecule has 0 aromatic carbocycles. The second-order valence-corrected chi connectivity index (χ2v) is 5.09. The van der Waals surface area contributed by atoms with Crippen molar-refractivity contribution in [2.24, 2.45) is 11.1 Å². The number of carboxylic acids is 1. The van der Waals surface area contributed by atoms with E-state index in [4.69, 9.17) is 15.6 Å². The van der Waals surface area contributed by atoms with Crippen molar-refractivity contribution in [3.05, 3.63) is 0 Å². The Morgan fingerprint density at radius 1 is 1.36 bits per heavy atom. The molecule has 0 aromatic heterocycles. The van der Waals surface area contributed by atoms with Crippen molar-refractivity contribution in [3.8, 4) is 0 Å². The SMILES string of the molecule is CC(C)(C)CCOCC(C)(N)C(=O)O. The molecule has 0 aliphatic carbocycles. The molecular formula is C10H21NO3. The van der Waals surface area contributed by atoms with Gasteiger partial charge in [0.2, 0.25) is 0 Å². The summed E-state index contributed by atoms with van der Waals surface area (Å²) in [6, 6.07) is 0. The van der Waals surface area contributed by atoms with E-state index in [0.29, 0.717) is 6.61 Å². The summed E-state index contributed by atoms with van der Waals surface area (Å²) in [5.41, 5.74) is 4.41. The largest absolute Gasteiger partial charge is 0.480 e. The molecule has 0 radical (unpaired) electrons. The first-order valence-corrected chi connectivity index (χ1v) is 4.75. The zero-order valence-corrected chi connectivity index (χ0v) is 9.46. The fourth-order valence-corrected chi connectivity index (χ4v) is 0.724. The molecule has 1 atom stereocenters. The van der Waals surface area contributed by atoms with Crippen LogP contribution in [0.3, 0.4) is 0 Å². The second-order valence-electron chi connectivity index (χ2n) is 5.09. The van der Waals surface area contributed by atoms with Crippen molar-refractivity contribution >= 4 is 5.97 Å². The molecule has 0 bridgehead atoms. The minimum atomic E-state index is -1.28. The van der Waals surface area contributed by atoms with Crippen molar-refractivity contribution in [3.63, 3.8) is 0 Å². The molecule has 0 amide bonds. The van der Waals surface area contributed by atoms with Crippen LogP contribution in [-0.2, 0) is 9.53 Å². The van der Waals surface area contributed by atoms with Crippen LogP contribution in [0.25, 0.3) is 0 Å². The molecule has 0 rings (SSSR count). The standard InChI is InChI=1S/C10H21NO3/c1-9(2,3)5-6-14-7-10(4,11)8(12)13/h5-7,11H2,1-4H3,(H,12,13). The Hall–Kier alpha value is -0.610. The van der Waals surface area contributed by atoms with Crippen LogP contribution in [-0.4, -0.2) is 29.8 Å². The van der Waals surface area contributed by atoms with Gasteiger partial charge in [-0.2, -0.15) is 0 Å². The predicted octanol–water partition coefficient (Wildman–Crippen LogP) is 1.24. The second kappa shape index (κ2) is 4.75. The van der Waals surface area contributed by atoms with Crippen molar-refractivity contribution in [2.75, 3.05) is 13.2 Å². The smallest absolute Gasteiger partial charge is 0.325 e. The maximum absolute atomic E-state index is 10.6. The average molecular weight is 203 g/mol. The van der Waals surface area contributed by atoms with E-state index >= 15 is 0 Å². The minimum absolute atomic E-state index is 0.0540. The third kappa shape index (κ3) is 5.94. The van der Waals surface area contributed by atoms with Gasteiger partial charge in [0.1, 0.15) is 5.54 Å². The number of nitrogens with two attached hydrogens (primary N) is 1. The number of rotatable bonds is 5. The Morgan fingerprint density at radius 3 is 2.21 bits per heavy atom. The first-order valence-electron chi connectivity index (χ1n) is 4.75. The lowest BCUT2D eigenvalue weighted by atomic mass is 9.93. The van der Waals surface area contributed by atoms with E-state index in [1.54, 1.807) is 0 Å². The van der Waals surface area contributed by atoms with Gasteiger partial charge in [-0.15, -0.1) is 0 Å². The summed E-state index contributed by atoms with van der Waals surface area (Å²) in [4.78, 5) is 10.6. The number of ether oxygens (including phenoxy) is 1. The highest BCUT2D eigenvalue weighted by atomic mass is 16.5. The highest BCUT2D eigenvalue weighted by Crippen LogP contribution is 2.18. The Bertz CT molecular complexity index is 194. The van der Waals surface area contributed by atoms with E-state index in [0.717, 1.165) is 6.42 Å². The molecule has 0 fully saturated rings. The van der Waals surface area contributed by atoms with Gasteiger partial charge in [0.05, 0.1) is 6.61 Å². The highest BCUT2D eigenvalue weighted by Gasteiger charge is 2.28. The molecule has 0 aromatic rings. The Kier molecular flexibility index (Phi) is 4.55. The van der Waals surface area contributed by atoms with E-state index < -0.39 is 11.5 Å². The molecule has 14 heavy (non-hydrogen) atoms. The van der Waals surface area contributed by atoms with Gasteiger partial charge < -0.3 is 15.6 Å². The normalized spacial score (nSPS) is 16.4. The van der Waals surface area contributed by atoms with Crippen LogP contribution in [0.2, 0.25) is 0 Å². The summed E-state index contributed by atoms with van der Waals surface area (Å²) >= 11 is 0. The van der Waals surface area contributed by atoms with Crippen LogP contribution in [0.15, 0.2) is 0 Å². The predicted molar refractivity (Wildman–Crippen MR) is 55.1 cm³/mol. The molecular weight excluding hydrogens is 182 g/mol. The highest BCUT2D eigenvalue weighted by molar-refractivity contribution is 5.77. The molecule has 84 valence electrons. The van der Waals surface area contributed by atoms with Gasteiger partial charge in [-0.3, -0.25) is 4.79 Å². The molecule has 0 saturated heterocycles. The van der Waals surface area contributed by atoms with Gasteiger partial charge in [0, 0.05) is 6.61 Å². The van der Waals surface area contributed by atoms with E-state index in [2.05, 4.69) is 20.8 Å². The maximum atomic E-state index is 10.6. The maximum Gasteiger partial charge on any atom is 0.325 e. The molecule has 1 unspecified atom stereocenters. The summed E-state index contributed by atoms with van der Waals surface area (Å²) in [7, 11) is 0. The Balaban J connectivity index is 3.70. The fourth-order valence-electron chi connectivity index (χ4n) is 0.724. The number of carboxylic acid groups (broad SMARTS) is 1. The van der Waals surface area contributed by atoms with Crippen molar-refractivity contribution < 1.29 is 14.6 Å². The number of hydrogen-bond acceptors (Lipinski definition) is 3. The van der Waals surface area contributed by atoms with Gasteiger partial charge in [-0.25, -0.2) is 0 Å². The van der Waals surface area contributed by atoms with Crippen LogP contribution in [0.1, 0.15) is 34.1 Å². The summed E-state index contributed by atoms with van der Waals surface area (Å²) in [6.45, 7) is 8.37. The Morgan fingerprint density at radius 2 is 1.86 bits per heavy atom. The zero-order valence-electron chi connectivity index (χ0n) is 9.46. The van der Waals surface area contributed by atoms with Crippen LogP contribution >= 0.6 is 0 Å². The summed E-state index contributed by atoms with van der Waals surface area (Å²) < 4.78 is 5.23. The average Bonchev–Trinajstić information content (AvgIpc) is 1.96. The monoisotopic (exact) mass is 203 g/mol. The summed E-state index contributed by atoms with van der Waals surface area (Å²) in [5, 5.41) is 8.70. The first kappa shape index (κ1) is 13.4. The molecule has 4 heteroatoms. The quantitative estimate of drug-likeness (QED) is 0.659. The van der Waals surface area contributed by atoms with E-state index in [1.165, 1.54) is 6.92 Å². The van der Waals surface area contributed by atoms with Gasteiger partial charge in [0.15, 0.2) is 0 Å². The lowest BCUT2D eigenvalue weighted by Gasteiger charge is -2.21. The minimum Gasteiger partial charge on any atom is -0.480 e. The molecule has 0 aliphatic rings. The molecule has 3 N–H and O–H groups in total. The number of carbonyl (C=O) groups is 1. The van der Waals surface area contributed by atoms with E-state index in [-0.39, 0.29) is 12.0 Å². The Labute approximate surface area is 85.4 Å².